The van der Waals surface area contributed by atoms with E-state index in [9.17, 15) is 5.11 Å². The van der Waals surface area contributed by atoms with Crippen LogP contribution in [0.25, 0.3) is 0 Å². The lowest BCUT2D eigenvalue weighted by Gasteiger charge is -2.40. The van der Waals surface area contributed by atoms with E-state index in [1.54, 1.807) is 0 Å². The zero-order valence-corrected chi connectivity index (χ0v) is 10.3. The van der Waals surface area contributed by atoms with Crippen molar-refractivity contribution in [2.24, 2.45) is 5.92 Å². The van der Waals surface area contributed by atoms with E-state index in [0.29, 0.717) is 12.5 Å². The SMILES string of the molecule is OC(C1CCOC2(CCOC2)C1)C1CCCO1. The van der Waals surface area contributed by atoms with Crippen LogP contribution in [0.3, 0.4) is 0 Å². The van der Waals surface area contributed by atoms with Crippen LogP contribution in [0.2, 0.25) is 0 Å². The van der Waals surface area contributed by atoms with Crippen LogP contribution in [0.4, 0.5) is 0 Å². The van der Waals surface area contributed by atoms with Gasteiger partial charge >= 0.3 is 0 Å². The van der Waals surface area contributed by atoms with Gasteiger partial charge in [-0.2, -0.15) is 0 Å². The van der Waals surface area contributed by atoms with Gasteiger partial charge in [0.15, 0.2) is 0 Å². The van der Waals surface area contributed by atoms with Crippen LogP contribution in [0.1, 0.15) is 32.1 Å². The van der Waals surface area contributed by atoms with Crippen LogP contribution in [-0.2, 0) is 14.2 Å². The summed E-state index contributed by atoms with van der Waals surface area (Å²) in [5.74, 6) is 0.313. The molecule has 17 heavy (non-hydrogen) atoms. The van der Waals surface area contributed by atoms with Crippen LogP contribution < -0.4 is 0 Å². The Labute approximate surface area is 102 Å². The first kappa shape index (κ1) is 11.9. The van der Waals surface area contributed by atoms with Crippen LogP contribution in [0.5, 0.6) is 0 Å². The van der Waals surface area contributed by atoms with Crippen LogP contribution >= 0.6 is 0 Å². The Morgan fingerprint density at radius 3 is 2.82 bits per heavy atom. The van der Waals surface area contributed by atoms with Gasteiger partial charge in [0, 0.05) is 26.2 Å². The van der Waals surface area contributed by atoms with E-state index in [-0.39, 0.29) is 17.8 Å². The maximum Gasteiger partial charge on any atom is 0.0940 e. The molecular weight excluding hydrogens is 220 g/mol. The summed E-state index contributed by atoms with van der Waals surface area (Å²) >= 11 is 0. The van der Waals surface area contributed by atoms with Gasteiger partial charge in [-0.1, -0.05) is 0 Å². The summed E-state index contributed by atoms with van der Waals surface area (Å²) in [6, 6.07) is 0. The topological polar surface area (TPSA) is 47.9 Å². The molecular formula is C13H22O4. The van der Waals surface area contributed by atoms with E-state index < -0.39 is 0 Å². The molecule has 0 aromatic heterocycles. The van der Waals surface area contributed by atoms with Crippen molar-refractivity contribution in [1.29, 1.82) is 0 Å². The van der Waals surface area contributed by atoms with Crippen LogP contribution in [0, 0.1) is 5.92 Å². The third-order valence-corrected chi connectivity index (χ3v) is 4.43. The molecule has 98 valence electrons. The molecule has 3 heterocycles. The second-order valence-electron chi connectivity index (χ2n) is 5.63. The average Bonchev–Trinajstić information content (AvgIpc) is 3.00. The molecule has 3 rings (SSSR count). The molecule has 1 spiro atoms. The van der Waals surface area contributed by atoms with E-state index in [1.165, 1.54) is 0 Å². The van der Waals surface area contributed by atoms with Gasteiger partial charge in [-0.05, 0) is 31.6 Å². The molecule has 0 aliphatic carbocycles. The molecule has 4 atom stereocenters. The minimum Gasteiger partial charge on any atom is -0.390 e. The van der Waals surface area contributed by atoms with Crippen molar-refractivity contribution in [3.05, 3.63) is 0 Å². The Kier molecular flexibility index (Phi) is 3.39. The number of aliphatic hydroxyl groups is 1. The van der Waals surface area contributed by atoms with E-state index in [4.69, 9.17) is 14.2 Å². The third-order valence-electron chi connectivity index (χ3n) is 4.43. The van der Waals surface area contributed by atoms with Crippen molar-refractivity contribution >= 4 is 0 Å². The van der Waals surface area contributed by atoms with Gasteiger partial charge in [0.05, 0.1) is 24.4 Å². The molecule has 3 fully saturated rings. The highest BCUT2D eigenvalue weighted by molar-refractivity contribution is 4.94. The normalized spacial score (nSPS) is 44.3. The Morgan fingerprint density at radius 1 is 1.18 bits per heavy atom. The smallest absolute Gasteiger partial charge is 0.0940 e. The Bertz CT molecular complexity index is 256. The molecule has 4 unspecified atom stereocenters. The monoisotopic (exact) mass is 242 g/mol. The van der Waals surface area contributed by atoms with Crippen molar-refractivity contribution in [1.82, 2.24) is 0 Å². The standard InChI is InChI=1S/C13H22O4/c14-12(11-2-1-5-16-11)10-3-6-17-13(8-10)4-7-15-9-13/h10-12,14H,1-9H2. The number of hydrogen-bond donors (Lipinski definition) is 1. The molecule has 3 saturated heterocycles. The largest absolute Gasteiger partial charge is 0.390 e. The van der Waals surface area contributed by atoms with Gasteiger partial charge in [0.1, 0.15) is 0 Å². The second-order valence-corrected chi connectivity index (χ2v) is 5.63. The summed E-state index contributed by atoms with van der Waals surface area (Å²) < 4.78 is 16.9. The Balaban J connectivity index is 1.62. The minimum atomic E-state index is -0.320. The van der Waals surface area contributed by atoms with Crippen molar-refractivity contribution in [3.63, 3.8) is 0 Å². The zero-order valence-electron chi connectivity index (χ0n) is 10.3. The lowest BCUT2D eigenvalue weighted by molar-refractivity contribution is -0.132. The lowest BCUT2D eigenvalue weighted by atomic mass is 9.80. The number of hydrogen-bond acceptors (Lipinski definition) is 4. The van der Waals surface area contributed by atoms with E-state index in [0.717, 1.165) is 51.9 Å². The van der Waals surface area contributed by atoms with Crippen LogP contribution in [0.15, 0.2) is 0 Å². The van der Waals surface area contributed by atoms with Gasteiger partial charge in [-0.25, -0.2) is 0 Å². The molecule has 4 nitrogen and oxygen atoms in total. The fourth-order valence-corrected chi connectivity index (χ4v) is 3.40. The first-order valence-corrected chi connectivity index (χ1v) is 6.80. The average molecular weight is 242 g/mol. The van der Waals surface area contributed by atoms with Crippen LogP contribution in [-0.4, -0.2) is 49.3 Å². The zero-order chi connectivity index (χ0) is 11.7. The quantitative estimate of drug-likeness (QED) is 0.788. The van der Waals surface area contributed by atoms with Crippen molar-refractivity contribution in [2.45, 2.75) is 49.9 Å². The maximum absolute atomic E-state index is 10.4. The second kappa shape index (κ2) is 4.84. The predicted molar refractivity (Wildman–Crippen MR) is 61.8 cm³/mol. The van der Waals surface area contributed by atoms with Gasteiger partial charge in [-0.3, -0.25) is 0 Å². The summed E-state index contributed by atoms with van der Waals surface area (Å²) in [5, 5.41) is 10.4. The summed E-state index contributed by atoms with van der Waals surface area (Å²) in [7, 11) is 0. The summed E-state index contributed by atoms with van der Waals surface area (Å²) in [6.45, 7) is 3.04. The van der Waals surface area contributed by atoms with Crippen molar-refractivity contribution < 1.29 is 19.3 Å². The predicted octanol–water partition coefficient (Wildman–Crippen LogP) is 1.11. The molecule has 0 amide bonds. The highest BCUT2D eigenvalue weighted by Crippen LogP contribution is 2.38. The molecule has 0 aromatic rings. The number of rotatable bonds is 2. The molecule has 0 radical (unpaired) electrons. The summed E-state index contributed by atoms with van der Waals surface area (Å²) in [6.07, 6.45) is 4.66. The number of ether oxygens (including phenoxy) is 3. The molecule has 0 aromatic carbocycles. The first-order chi connectivity index (χ1) is 8.29. The van der Waals surface area contributed by atoms with E-state index >= 15 is 0 Å². The molecule has 0 bridgehead atoms. The molecule has 1 N–H and O–H groups in total. The molecule has 3 aliphatic heterocycles. The molecule has 4 heteroatoms. The van der Waals surface area contributed by atoms with Gasteiger partial charge in [0.2, 0.25) is 0 Å². The highest BCUT2D eigenvalue weighted by Gasteiger charge is 2.44. The highest BCUT2D eigenvalue weighted by atomic mass is 16.6. The third kappa shape index (κ3) is 2.36. The van der Waals surface area contributed by atoms with Gasteiger partial charge < -0.3 is 19.3 Å². The maximum atomic E-state index is 10.4. The van der Waals surface area contributed by atoms with Crippen molar-refractivity contribution in [3.8, 4) is 0 Å². The fourth-order valence-electron chi connectivity index (χ4n) is 3.40. The van der Waals surface area contributed by atoms with E-state index in [2.05, 4.69) is 0 Å². The molecule has 3 aliphatic rings. The molecule has 0 saturated carbocycles. The van der Waals surface area contributed by atoms with Crippen molar-refractivity contribution in [2.75, 3.05) is 26.4 Å². The van der Waals surface area contributed by atoms with E-state index in [1.807, 2.05) is 0 Å². The minimum absolute atomic E-state index is 0.0532. The fraction of sp³-hybridized carbons (Fsp3) is 1.00. The van der Waals surface area contributed by atoms with Gasteiger partial charge in [0.25, 0.3) is 0 Å². The Morgan fingerprint density at radius 2 is 2.12 bits per heavy atom. The summed E-state index contributed by atoms with van der Waals surface area (Å²) in [4.78, 5) is 0. The Hall–Kier alpha value is -0.160. The first-order valence-electron chi connectivity index (χ1n) is 6.80. The summed E-state index contributed by atoms with van der Waals surface area (Å²) in [5.41, 5.74) is -0.109. The van der Waals surface area contributed by atoms with Gasteiger partial charge in [-0.15, -0.1) is 0 Å². The number of aliphatic hydroxyl groups excluding tert-OH is 1. The lowest BCUT2D eigenvalue weighted by Crippen LogP contribution is -2.46.